The second-order valence-corrected chi connectivity index (χ2v) is 8.11. The van der Waals surface area contributed by atoms with E-state index in [0.717, 1.165) is 36.6 Å². The number of carbonyl (C=O) groups excluding carboxylic acids is 2. The van der Waals surface area contributed by atoms with E-state index in [1.54, 1.807) is 18.5 Å². The molecule has 0 radical (unpaired) electrons. The van der Waals surface area contributed by atoms with E-state index in [1.807, 2.05) is 30.3 Å². The van der Waals surface area contributed by atoms with E-state index in [1.165, 1.54) is 0 Å². The van der Waals surface area contributed by atoms with E-state index < -0.39 is 6.09 Å². The van der Waals surface area contributed by atoms with E-state index in [-0.39, 0.29) is 24.4 Å². The van der Waals surface area contributed by atoms with Crippen molar-refractivity contribution in [3.05, 3.63) is 54.4 Å². The number of ether oxygens (including phenoxy) is 1. The fraction of sp³-hybridized carbons (Fsp3) is 0.348. The Morgan fingerprint density at radius 1 is 1.15 bits per heavy atom. The minimum absolute atomic E-state index is 0.00740. The van der Waals surface area contributed by atoms with Crippen molar-refractivity contribution in [3.8, 4) is 0 Å². The standard InChI is InChI=1S/C23H27N7O3/c24-22(29-23(32)33-14-16-4-2-1-3-5-16)26-12-15-6-8-17(9-7-15)21(31)28-19-10-11-25-20-18(19)13-27-30-20/h1-5,10-11,13,15,17H,6-9,12,14H2,(H3,24,26,29,32)(H2,25,27,28,30,31). The topological polar surface area (TPSA) is 147 Å². The molecule has 5 N–H and O–H groups in total. The zero-order valence-electron chi connectivity index (χ0n) is 18.2. The van der Waals surface area contributed by atoms with Crippen molar-refractivity contribution >= 4 is 34.7 Å². The van der Waals surface area contributed by atoms with Crippen molar-refractivity contribution in [1.29, 1.82) is 0 Å². The van der Waals surface area contributed by atoms with Crippen molar-refractivity contribution in [3.63, 3.8) is 0 Å². The highest BCUT2D eigenvalue weighted by Gasteiger charge is 2.26. The number of nitrogens with zero attached hydrogens (tertiary/aromatic N) is 3. The molecule has 2 amide bonds. The summed E-state index contributed by atoms with van der Waals surface area (Å²) < 4.78 is 5.14. The van der Waals surface area contributed by atoms with Crippen LogP contribution in [-0.4, -0.2) is 39.7 Å². The molecule has 1 aliphatic rings. The van der Waals surface area contributed by atoms with Crippen LogP contribution in [0.25, 0.3) is 11.0 Å². The Hall–Kier alpha value is -3.95. The molecule has 0 unspecified atom stereocenters. The SMILES string of the molecule is NC(=NCC1CCC(C(=O)Nc2ccnc3[nH]ncc23)CC1)NC(=O)OCc1ccccc1. The minimum atomic E-state index is -0.636. The van der Waals surface area contributed by atoms with Crippen LogP contribution in [0, 0.1) is 11.8 Å². The second-order valence-electron chi connectivity index (χ2n) is 8.11. The highest BCUT2D eigenvalue weighted by Crippen LogP contribution is 2.30. The van der Waals surface area contributed by atoms with Crippen LogP contribution in [0.1, 0.15) is 31.2 Å². The van der Waals surface area contributed by atoms with Gasteiger partial charge in [0.1, 0.15) is 6.61 Å². The fourth-order valence-corrected chi connectivity index (χ4v) is 3.93. The number of rotatable bonds is 6. The van der Waals surface area contributed by atoms with Gasteiger partial charge in [-0.05, 0) is 43.2 Å². The van der Waals surface area contributed by atoms with E-state index in [2.05, 4.69) is 30.8 Å². The van der Waals surface area contributed by atoms with Crippen LogP contribution in [-0.2, 0) is 16.1 Å². The third-order valence-electron chi connectivity index (χ3n) is 5.79. The molecule has 2 heterocycles. The number of aromatic amines is 1. The molecule has 4 rings (SSSR count). The Labute approximate surface area is 191 Å². The molecule has 1 saturated carbocycles. The molecule has 0 saturated heterocycles. The highest BCUT2D eigenvalue weighted by atomic mass is 16.5. The van der Waals surface area contributed by atoms with Crippen molar-refractivity contribution < 1.29 is 14.3 Å². The number of hydrogen-bond donors (Lipinski definition) is 4. The maximum absolute atomic E-state index is 12.7. The predicted molar refractivity (Wildman–Crippen MR) is 124 cm³/mol. The van der Waals surface area contributed by atoms with E-state index in [0.29, 0.717) is 23.8 Å². The number of benzene rings is 1. The molecule has 10 heteroatoms. The molecule has 1 aromatic carbocycles. The first-order valence-electron chi connectivity index (χ1n) is 10.9. The molecule has 1 aliphatic carbocycles. The van der Waals surface area contributed by atoms with Crippen molar-refractivity contribution in [1.82, 2.24) is 20.5 Å². The number of H-pyrrole nitrogens is 1. The molecule has 0 bridgehead atoms. The number of guanidine groups is 1. The van der Waals surface area contributed by atoms with Gasteiger partial charge in [0.25, 0.3) is 0 Å². The molecule has 0 aliphatic heterocycles. The van der Waals surface area contributed by atoms with Crippen molar-refractivity contribution in [2.75, 3.05) is 11.9 Å². The maximum Gasteiger partial charge on any atom is 0.414 e. The number of alkyl carbamates (subject to hydrolysis) is 1. The summed E-state index contributed by atoms with van der Waals surface area (Å²) in [6, 6.07) is 11.2. The van der Waals surface area contributed by atoms with Gasteiger partial charge in [-0.3, -0.25) is 20.2 Å². The van der Waals surface area contributed by atoms with Gasteiger partial charge in [-0.1, -0.05) is 30.3 Å². The monoisotopic (exact) mass is 449 g/mol. The first-order chi connectivity index (χ1) is 16.1. The Morgan fingerprint density at radius 3 is 2.73 bits per heavy atom. The van der Waals surface area contributed by atoms with Gasteiger partial charge in [-0.25, -0.2) is 9.78 Å². The van der Waals surface area contributed by atoms with Gasteiger partial charge in [-0.2, -0.15) is 5.10 Å². The predicted octanol–water partition coefficient (Wildman–Crippen LogP) is 2.94. The fourth-order valence-electron chi connectivity index (χ4n) is 3.93. The van der Waals surface area contributed by atoms with Crippen LogP contribution in [0.3, 0.4) is 0 Å². The maximum atomic E-state index is 12.7. The number of hydrogen-bond acceptors (Lipinski definition) is 6. The highest BCUT2D eigenvalue weighted by molar-refractivity contribution is 6.00. The van der Waals surface area contributed by atoms with E-state index in [4.69, 9.17) is 10.5 Å². The molecular weight excluding hydrogens is 422 g/mol. The first kappa shape index (κ1) is 22.3. The molecule has 1 fully saturated rings. The van der Waals surface area contributed by atoms with Crippen molar-refractivity contribution in [2.45, 2.75) is 32.3 Å². The zero-order chi connectivity index (χ0) is 23.0. The lowest BCUT2D eigenvalue weighted by Gasteiger charge is -2.26. The van der Waals surface area contributed by atoms with Gasteiger partial charge >= 0.3 is 6.09 Å². The average Bonchev–Trinajstić information content (AvgIpc) is 3.32. The van der Waals surface area contributed by atoms with E-state index >= 15 is 0 Å². The molecule has 33 heavy (non-hydrogen) atoms. The van der Waals surface area contributed by atoms with Crippen LogP contribution >= 0.6 is 0 Å². The summed E-state index contributed by atoms with van der Waals surface area (Å²) in [5.41, 5.74) is 8.07. The summed E-state index contributed by atoms with van der Waals surface area (Å²) >= 11 is 0. The van der Waals surface area contributed by atoms with Gasteiger partial charge in [0.05, 0.1) is 17.3 Å². The number of pyridine rings is 1. The van der Waals surface area contributed by atoms with Crippen LogP contribution in [0.4, 0.5) is 10.5 Å². The summed E-state index contributed by atoms with van der Waals surface area (Å²) in [4.78, 5) is 33.0. The number of anilines is 1. The van der Waals surface area contributed by atoms with E-state index in [9.17, 15) is 9.59 Å². The summed E-state index contributed by atoms with van der Waals surface area (Å²) in [6.45, 7) is 0.663. The summed E-state index contributed by atoms with van der Waals surface area (Å²) in [6.07, 6.45) is 5.94. The van der Waals surface area contributed by atoms with Crippen LogP contribution in [0.2, 0.25) is 0 Å². The van der Waals surface area contributed by atoms with Gasteiger partial charge in [-0.15, -0.1) is 0 Å². The summed E-state index contributed by atoms with van der Waals surface area (Å²) in [5, 5.41) is 13.0. The molecule has 10 nitrogen and oxygen atoms in total. The third kappa shape index (κ3) is 6.06. The smallest absolute Gasteiger partial charge is 0.414 e. The number of nitrogens with two attached hydrogens (primary N) is 1. The molecule has 0 spiro atoms. The largest absolute Gasteiger partial charge is 0.444 e. The quantitative estimate of drug-likeness (QED) is 0.336. The number of amides is 2. The first-order valence-corrected chi connectivity index (χ1v) is 10.9. The normalized spacial score (nSPS) is 18.6. The second kappa shape index (κ2) is 10.6. The molecule has 0 atom stereocenters. The Bertz CT molecular complexity index is 1120. The van der Waals surface area contributed by atoms with Gasteiger partial charge in [0.2, 0.25) is 5.91 Å². The molecule has 3 aromatic rings. The lowest BCUT2D eigenvalue weighted by atomic mass is 9.81. The van der Waals surface area contributed by atoms with Gasteiger partial charge < -0.3 is 15.8 Å². The number of aliphatic imine (C=N–C) groups is 1. The number of fused-ring (bicyclic) bond motifs is 1. The molecule has 172 valence electrons. The summed E-state index contributed by atoms with van der Waals surface area (Å²) in [5.74, 6) is 0.308. The van der Waals surface area contributed by atoms with Crippen LogP contribution in [0.5, 0.6) is 0 Å². The third-order valence-corrected chi connectivity index (χ3v) is 5.79. The zero-order valence-corrected chi connectivity index (χ0v) is 18.2. The molecule has 2 aromatic heterocycles. The number of nitrogens with one attached hydrogen (secondary N) is 3. The van der Waals surface area contributed by atoms with Gasteiger partial charge in [0.15, 0.2) is 11.6 Å². The average molecular weight is 450 g/mol. The number of carbonyl (C=O) groups is 2. The van der Waals surface area contributed by atoms with Gasteiger partial charge in [0, 0.05) is 18.7 Å². The summed E-state index contributed by atoms with van der Waals surface area (Å²) in [7, 11) is 0. The number of aromatic nitrogens is 3. The van der Waals surface area contributed by atoms with Crippen molar-refractivity contribution in [2.24, 2.45) is 22.6 Å². The Kier molecular flexibility index (Phi) is 7.13. The van der Waals surface area contributed by atoms with Crippen LogP contribution in [0.15, 0.2) is 53.8 Å². The molecular formula is C23H27N7O3. The Balaban J connectivity index is 1.18. The van der Waals surface area contributed by atoms with Crippen LogP contribution < -0.4 is 16.4 Å². The lowest BCUT2D eigenvalue weighted by molar-refractivity contribution is -0.121. The Morgan fingerprint density at radius 2 is 1.94 bits per heavy atom. The lowest BCUT2D eigenvalue weighted by Crippen LogP contribution is -2.37. The minimum Gasteiger partial charge on any atom is -0.444 e.